The van der Waals surface area contributed by atoms with Gasteiger partial charge in [-0.1, -0.05) is 0 Å². The zero-order valence-electron chi connectivity index (χ0n) is 11.1. The van der Waals surface area contributed by atoms with Gasteiger partial charge < -0.3 is 9.84 Å². The van der Waals surface area contributed by atoms with Crippen molar-refractivity contribution in [2.24, 2.45) is 0 Å². The predicted octanol–water partition coefficient (Wildman–Crippen LogP) is 3.29. The number of carbonyl (C=O) groups is 1. The number of ether oxygens (including phenoxy) is 1. The summed E-state index contributed by atoms with van der Waals surface area (Å²) in [5.41, 5.74) is -0.264. The Morgan fingerprint density at radius 3 is 2.74 bits per heavy atom. The van der Waals surface area contributed by atoms with Gasteiger partial charge in [0.15, 0.2) is 0 Å². The Balaban J connectivity index is 2.34. The normalized spacial score (nSPS) is 11.3. The second-order valence-corrected chi connectivity index (χ2v) is 5.18. The summed E-state index contributed by atoms with van der Waals surface area (Å²) in [6, 6.07) is 4.97. The van der Waals surface area contributed by atoms with Gasteiger partial charge in [0, 0.05) is 23.2 Å². The molecule has 0 unspecified atom stereocenters. The van der Waals surface area contributed by atoms with Crippen LogP contribution in [0.15, 0.2) is 30.6 Å². The number of carbonyl (C=O) groups excluding carboxylic acids is 1. The average molecular weight is 260 g/mol. The largest absolute Gasteiger partial charge is 0.506 e. The molecule has 1 aromatic heterocycles. The Hall–Kier alpha value is -2.30. The molecular weight excluding hydrogens is 244 g/mol. The smallest absolute Gasteiger partial charge is 0.412 e. The summed E-state index contributed by atoms with van der Waals surface area (Å²) in [5, 5.41) is 14.0. The number of aromatic nitrogens is 1. The first-order valence-corrected chi connectivity index (χ1v) is 5.92. The minimum atomic E-state index is -0.605. The fourth-order valence-electron chi connectivity index (χ4n) is 1.69. The second-order valence-electron chi connectivity index (χ2n) is 5.18. The maximum Gasteiger partial charge on any atom is 0.412 e. The standard InChI is InChI=1S/C14H16N2O3/c1-14(2,3)19-13(18)16-12-10-6-7-15-8-9(10)4-5-11(12)17/h4-8,17H,1-3H3,(H,16,18). The van der Waals surface area contributed by atoms with Gasteiger partial charge >= 0.3 is 6.09 Å². The number of phenols is 1. The lowest BCUT2D eigenvalue weighted by molar-refractivity contribution is 0.0635. The van der Waals surface area contributed by atoms with Gasteiger partial charge in [0.25, 0.3) is 0 Å². The van der Waals surface area contributed by atoms with E-state index in [0.717, 1.165) is 5.39 Å². The van der Waals surface area contributed by atoms with Crippen LogP contribution < -0.4 is 5.32 Å². The maximum absolute atomic E-state index is 11.8. The molecule has 1 heterocycles. The lowest BCUT2D eigenvalue weighted by atomic mass is 10.1. The number of hydrogen-bond donors (Lipinski definition) is 2. The van der Waals surface area contributed by atoms with Crippen molar-refractivity contribution in [3.8, 4) is 5.75 Å². The van der Waals surface area contributed by atoms with E-state index in [-0.39, 0.29) is 5.75 Å². The third kappa shape index (κ3) is 3.13. The zero-order chi connectivity index (χ0) is 14.0. The van der Waals surface area contributed by atoms with E-state index in [0.29, 0.717) is 11.1 Å². The molecule has 0 atom stereocenters. The van der Waals surface area contributed by atoms with Gasteiger partial charge in [0.2, 0.25) is 0 Å². The summed E-state index contributed by atoms with van der Waals surface area (Å²) >= 11 is 0. The molecule has 5 heteroatoms. The van der Waals surface area contributed by atoms with E-state index in [1.54, 1.807) is 45.3 Å². The molecule has 0 bridgehead atoms. The van der Waals surface area contributed by atoms with Crippen LogP contribution in [0.25, 0.3) is 10.8 Å². The molecule has 5 nitrogen and oxygen atoms in total. The van der Waals surface area contributed by atoms with Crippen molar-refractivity contribution < 1.29 is 14.6 Å². The van der Waals surface area contributed by atoms with Crippen molar-refractivity contribution in [1.29, 1.82) is 0 Å². The average Bonchev–Trinajstić information content (AvgIpc) is 2.31. The molecule has 0 aliphatic carbocycles. The molecule has 0 aliphatic rings. The van der Waals surface area contributed by atoms with Crippen molar-refractivity contribution >= 4 is 22.6 Å². The Kier molecular flexibility index (Phi) is 3.29. The van der Waals surface area contributed by atoms with Gasteiger partial charge in [-0.25, -0.2) is 4.79 Å². The maximum atomic E-state index is 11.8. The minimum absolute atomic E-state index is 0.00967. The molecule has 2 rings (SSSR count). The number of anilines is 1. The van der Waals surface area contributed by atoms with Gasteiger partial charge in [0.05, 0.1) is 5.69 Å². The Labute approximate surface area is 111 Å². The van der Waals surface area contributed by atoms with Crippen LogP contribution in [-0.4, -0.2) is 21.8 Å². The predicted molar refractivity (Wildman–Crippen MR) is 73.3 cm³/mol. The Morgan fingerprint density at radius 1 is 1.32 bits per heavy atom. The highest BCUT2D eigenvalue weighted by atomic mass is 16.6. The first kappa shape index (κ1) is 13.1. The number of rotatable bonds is 1. The molecule has 0 aliphatic heterocycles. The van der Waals surface area contributed by atoms with Crippen molar-refractivity contribution in [1.82, 2.24) is 4.98 Å². The van der Waals surface area contributed by atoms with Crippen LogP contribution in [0.2, 0.25) is 0 Å². The van der Waals surface area contributed by atoms with E-state index < -0.39 is 11.7 Å². The fraction of sp³-hybridized carbons (Fsp3) is 0.286. The first-order chi connectivity index (χ1) is 8.87. The molecule has 19 heavy (non-hydrogen) atoms. The Bertz CT molecular complexity index is 618. The van der Waals surface area contributed by atoms with Crippen LogP contribution in [-0.2, 0) is 4.74 Å². The summed E-state index contributed by atoms with van der Waals surface area (Å²) in [4.78, 5) is 15.8. The highest BCUT2D eigenvalue weighted by Gasteiger charge is 2.18. The molecule has 0 radical (unpaired) electrons. The van der Waals surface area contributed by atoms with E-state index in [1.165, 1.54) is 6.07 Å². The number of fused-ring (bicyclic) bond motifs is 1. The van der Waals surface area contributed by atoms with E-state index in [4.69, 9.17) is 4.74 Å². The third-order valence-corrected chi connectivity index (χ3v) is 2.42. The minimum Gasteiger partial charge on any atom is -0.506 e. The van der Waals surface area contributed by atoms with Crippen LogP contribution >= 0.6 is 0 Å². The molecule has 2 aromatic rings. The highest BCUT2D eigenvalue weighted by molar-refractivity contribution is 6.02. The molecule has 0 saturated carbocycles. The van der Waals surface area contributed by atoms with Gasteiger partial charge in [-0.2, -0.15) is 0 Å². The molecule has 0 saturated heterocycles. The van der Waals surface area contributed by atoms with Gasteiger partial charge in [-0.3, -0.25) is 10.3 Å². The molecule has 0 spiro atoms. The lowest BCUT2D eigenvalue weighted by Crippen LogP contribution is -2.27. The first-order valence-electron chi connectivity index (χ1n) is 5.92. The SMILES string of the molecule is CC(C)(C)OC(=O)Nc1c(O)ccc2cnccc12. The number of benzene rings is 1. The van der Waals surface area contributed by atoms with Crippen molar-refractivity contribution in [2.75, 3.05) is 5.32 Å². The molecule has 0 fully saturated rings. The van der Waals surface area contributed by atoms with E-state index >= 15 is 0 Å². The van der Waals surface area contributed by atoms with Gasteiger partial charge in [0.1, 0.15) is 11.4 Å². The van der Waals surface area contributed by atoms with Crippen LogP contribution in [0.3, 0.4) is 0 Å². The van der Waals surface area contributed by atoms with Crippen molar-refractivity contribution in [3.05, 3.63) is 30.6 Å². The van der Waals surface area contributed by atoms with Crippen molar-refractivity contribution in [3.63, 3.8) is 0 Å². The van der Waals surface area contributed by atoms with E-state index in [2.05, 4.69) is 10.3 Å². The molecule has 2 N–H and O–H groups in total. The topological polar surface area (TPSA) is 71.5 Å². The van der Waals surface area contributed by atoms with Crippen molar-refractivity contribution in [2.45, 2.75) is 26.4 Å². The second kappa shape index (κ2) is 4.76. The lowest BCUT2D eigenvalue weighted by Gasteiger charge is -2.20. The molecule has 1 amide bonds. The van der Waals surface area contributed by atoms with Crippen LogP contribution in [0, 0.1) is 0 Å². The molecular formula is C14H16N2O3. The number of aromatic hydroxyl groups is 1. The highest BCUT2D eigenvalue weighted by Crippen LogP contribution is 2.32. The number of pyridine rings is 1. The van der Waals surface area contributed by atoms with Gasteiger partial charge in [-0.15, -0.1) is 0 Å². The number of phenolic OH excluding ortho intramolecular Hbond substituents is 1. The number of amides is 1. The van der Waals surface area contributed by atoms with E-state index in [1.807, 2.05) is 0 Å². The van der Waals surface area contributed by atoms with Crippen LogP contribution in [0.1, 0.15) is 20.8 Å². The van der Waals surface area contributed by atoms with Crippen LogP contribution in [0.4, 0.5) is 10.5 Å². The summed E-state index contributed by atoms with van der Waals surface area (Å²) in [5.74, 6) is -0.00967. The molecule has 1 aromatic carbocycles. The van der Waals surface area contributed by atoms with Crippen LogP contribution in [0.5, 0.6) is 5.75 Å². The number of hydrogen-bond acceptors (Lipinski definition) is 4. The van der Waals surface area contributed by atoms with Gasteiger partial charge in [-0.05, 0) is 39.0 Å². The summed E-state index contributed by atoms with van der Waals surface area (Å²) in [7, 11) is 0. The zero-order valence-corrected chi connectivity index (χ0v) is 11.1. The fourth-order valence-corrected chi connectivity index (χ4v) is 1.69. The van der Waals surface area contributed by atoms with E-state index in [9.17, 15) is 9.90 Å². The quantitative estimate of drug-likeness (QED) is 0.772. The summed E-state index contributed by atoms with van der Waals surface area (Å²) in [6.07, 6.45) is 2.66. The molecule has 100 valence electrons. The number of nitrogens with zero attached hydrogens (tertiary/aromatic N) is 1. The monoisotopic (exact) mass is 260 g/mol. The number of nitrogens with one attached hydrogen (secondary N) is 1. The summed E-state index contributed by atoms with van der Waals surface area (Å²) < 4.78 is 5.17. The Morgan fingerprint density at radius 2 is 2.05 bits per heavy atom. The third-order valence-electron chi connectivity index (χ3n) is 2.42. The summed E-state index contributed by atoms with van der Waals surface area (Å²) in [6.45, 7) is 5.33.